The van der Waals surface area contributed by atoms with E-state index >= 15 is 0 Å². The fourth-order valence-electron chi connectivity index (χ4n) is 1.58. The lowest BCUT2D eigenvalue weighted by Gasteiger charge is -2.08. The van der Waals surface area contributed by atoms with Gasteiger partial charge >= 0.3 is 5.97 Å². The summed E-state index contributed by atoms with van der Waals surface area (Å²) in [6, 6.07) is 7.42. The van der Waals surface area contributed by atoms with Crippen molar-refractivity contribution in [1.82, 2.24) is 10.3 Å². The number of hydrogen-bond donors (Lipinski definition) is 2. The second-order valence-corrected chi connectivity index (χ2v) is 5.21. The number of ether oxygens (including phenoxy) is 1. The SMILES string of the molecule is Cc1ccccc1OCC(=O)NCc1nc(C(=O)O)cs1. The molecule has 7 heteroatoms. The highest BCUT2D eigenvalue weighted by atomic mass is 32.1. The fourth-order valence-corrected chi connectivity index (χ4v) is 2.28. The van der Waals surface area contributed by atoms with Gasteiger partial charge in [0.2, 0.25) is 0 Å². The second kappa shape index (κ2) is 6.85. The normalized spacial score (nSPS) is 10.1. The summed E-state index contributed by atoms with van der Waals surface area (Å²) in [5, 5.41) is 13.4. The minimum atomic E-state index is -1.08. The first kappa shape index (κ1) is 15.0. The van der Waals surface area contributed by atoms with E-state index in [1.807, 2.05) is 25.1 Å². The van der Waals surface area contributed by atoms with Crippen LogP contribution >= 0.6 is 11.3 Å². The average Bonchev–Trinajstić information content (AvgIpc) is 2.93. The Hall–Kier alpha value is -2.41. The number of amides is 1. The van der Waals surface area contributed by atoms with E-state index in [2.05, 4.69) is 10.3 Å². The van der Waals surface area contributed by atoms with Crippen molar-refractivity contribution >= 4 is 23.2 Å². The number of carbonyl (C=O) groups excluding carboxylic acids is 1. The van der Waals surface area contributed by atoms with Crippen molar-refractivity contribution in [1.29, 1.82) is 0 Å². The van der Waals surface area contributed by atoms with Crippen molar-refractivity contribution in [2.75, 3.05) is 6.61 Å². The summed E-state index contributed by atoms with van der Waals surface area (Å²) in [4.78, 5) is 26.2. The fraction of sp³-hybridized carbons (Fsp3) is 0.214. The molecule has 6 nitrogen and oxygen atoms in total. The monoisotopic (exact) mass is 306 g/mol. The lowest BCUT2D eigenvalue weighted by atomic mass is 10.2. The van der Waals surface area contributed by atoms with Gasteiger partial charge in [0, 0.05) is 5.38 Å². The molecule has 0 aliphatic rings. The summed E-state index contributed by atoms with van der Waals surface area (Å²) in [6.07, 6.45) is 0. The molecular formula is C14H14N2O4S. The minimum Gasteiger partial charge on any atom is -0.484 e. The summed E-state index contributed by atoms with van der Waals surface area (Å²) < 4.78 is 5.41. The lowest BCUT2D eigenvalue weighted by Crippen LogP contribution is -2.28. The number of aryl methyl sites for hydroxylation is 1. The van der Waals surface area contributed by atoms with E-state index in [1.54, 1.807) is 6.07 Å². The number of carboxylic acid groups (broad SMARTS) is 1. The van der Waals surface area contributed by atoms with Crippen LogP contribution < -0.4 is 10.1 Å². The van der Waals surface area contributed by atoms with Gasteiger partial charge in [-0.15, -0.1) is 11.3 Å². The van der Waals surface area contributed by atoms with E-state index in [1.165, 1.54) is 16.7 Å². The predicted octanol–water partition coefficient (Wildman–Crippen LogP) is 1.84. The van der Waals surface area contributed by atoms with E-state index in [0.29, 0.717) is 10.8 Å². The highest BCUT2D eigenvalue weighted by molar-refractivity contribution is 7.09. The van der Waals surface area contributed by atoms with E-state index < -0.39 is 5.97 Å². The largest absolute Gasteiger partial charge is 0.484 e. The molecule has 1 heterocycles. The Balaban J connectivity index is 1.79. The first-order chi connectivity index (χ1) is 10.1. The van der Waals surface area contributed by atoms with Gasteiger partial charge in [0.05, 0.1) is 6.54 Å². The Morgan fingerprint density at radius 3 is 2.81 bits per heavy atom. The zero-order chi connectivity index (χ0) is 15.2. The molecule has 0 fully saturated rings. The topological polar surface area (TPSA) is 88.5 Å². The van der Waals surface area contributed by atoms with Crippen molar-refractivity contribution in [3.05, 3.63) is 45.9 Å². The molecule has 2 rings (SSSR count). The van der Waals surface area contributed by atoms with Crippen LogP contribution in [0.4, 0.5) is 0 Å². The summed E-state index contributed by atoms with van der Waals surface area (Å²) in [6.45, 7) is 1.99. The molecule has 0 saturated carbocycles. The van der Waals surface area contributed by atoms with Gasteiger partial charge in [-0.25, -0.2) is 9.78 Å². The Labute approximate surface area is 125 Å². The Kier molecular flexibility index (Phi) is 4.89. The highest BCUT2D eigenvalue weighted by Crippen LogP contribution is 2.15. The first-order valence-electron chi connectivity index (χ1n) is 6.19. The third-order valence-corrected chi connectivity index (χ3v) is 3.51. The average molecular weight is 306 g/mol. The molecule has 0 aliphatic carbocycles. The van der Waals surface area contributed by atoms with Gasteiger partial charge in [0.15, 0.2) is 12.3 Å². The molecule has 110 valence electrons. The predicted molar refractivity (Wildman–Crippen MR) is 77.6 cm³/mol. The summed E-state index contributed by atoms with van der Waals surface area (Å²) >= 11 is 1.19. The first-order valence-corrected chi connectivity index (χ1v) is 7.07. The number of nitrogens with zero attached hydrogens (tertiary/aromatic N) is 1. The number of hydrogen-bond acceptors (Lipinski definition) is 5. The molecule has 1 aromatic heterocycles. The molecule has 2 N–H and O–H groups in total. The molecule has 0 saturated heterocycles. The number of para-hydroxylation sites is 1. The molecule has 0 aliphatic heterocycles. The van der Waals surface area contributed by atoms with Crippen molar-refractivity contribution in [2.45, 2.75) is 13.5 Å². The maximum absolute atomic E-state index is 11.7. The summed E-state index contributed by atoms with van der Waals surface area (Å²) in [5.74, 6) is -0.702. The van der Waals surface area contributed by atoms with Crippen LogP contribution in [0.2, 0.25) is 0 Å². The van der Waals surface area contributed by atoms with Crippen molar-refractivity contribution in [3.8, 4) is 5.75 Å². The molecule has 1 aromatic carbocycles. The Morgan fingerprint density at radius 1 is 1.38 bits per heavy atom. The van der Waals surface area contributed by atoms with Crippen LogP contribution in [0.15, 0.2) is 29.6 Å². The van der Waals surface area contributed by atoms with Crippen LogP contribution in [-0.2, 0) is 11.3 Å². The maximum atomic E-state index is 11.7. The van der Waals surface area contributed by atoms with E-state index in [4.69, 9.17) is 9.84 Å². The maximum Gasteiger partial charge on any atom is 0.355 e. The van der Waals surface area contributed by atoms with Gasteiger partial charge in [0.1, 0.15) is 10.8 Å². The number of aromatic nitrogens is 1. The Bertz CT molecular complexity index is 654. The van der Waals surface area contributed by atoms with Gasteiger partial charge < -0.3 is 15.2 Å². The lowest BCUT2D eigenvalue weighted by molar-refractivity contribution is -0.123. The number of nitrogens with one attached hydrogen (secondary N) is 1. The molecule has 2 aromatic rings. The van der Waals surface area contributed by atoms with Crippen LogP contribution in [0.25, 0.3) is 0 Å². The van der Waals surface area contributed by atoms with Crippen molar-refractivity contribution < 1.29 is 19.4 Å². The number of thiazole rings is 1. The number of benzene rings is 1. The van der Waals surface area contributed by atoms with Gasteiger partial charge in [-0.3, -0.25) is 4.79 Å². The summed E-state index contributed by atoms with van der Waals surface area (Å²) in [5.41, 5.74) is 0.941. The molecular weight excluding hydrogens is 292 g/mol. The van der Waals surface area contributed by atoms with Crippen molar-refractivity contribution in [2.24, 2.45) is 0 Å². The van der Waals surface area contributed by atoms with Crippen LogP contribution in [-0.4, -0.2) is 28.6 Å². The van der Waals surface area contributed by atoms with E-state index in [0.717, 1.165) is 5.56 Å². The van der Waals surface area contributed by atoms with Crippen molar-refractivity contribution in [3.63, 3.8) is 0 Å². The highest BCUT2D eigenvalue weighted by Gasteiger charge is 2.10. The molecule has 0 radical (unpaired) electrons. The van der Waals surface area contributed by atoms with Crippen LogP contribution in [0, 0.1) is 6.92 Å². The molecule has 1 amide bonds. The molecule has 0 spiro atoms. The number of rotatable bonds is 6. The zero-order valence-corrected chi connectivity index (χ0v) is 12.1. The third kappa shape index (κ3) is 4.28. The molecule has 21 heavy (non-hydrogen) atoms. The van der Waals surface area contributed by atoms with Gasteiger partial charge in [-0.1, -0.05) is 18.2 Å². The van der Waals surface area contributed by atoms with Gasteiger partial charge in [-0.2, -0.15) is 0 Å². The zero-order valence-electron chi connectivity index (χ0n) is 11.3. The van der Waals surface area contributed by atoms with Gasteiger partial charge in [-0.05, 0) is 18.6 Å². The number of carboxylic acids is 1. The number of aromatic carboxylic acids is 1. The van der Waals surface area contributed by atoms with Crippen LogP contribution in [0.1, 0.15) is 21.1 Å². The number of carbonyl (C=O) groups is 2. The molecule has 0 bridgehead atoms. The smallest absolute Gasteiger partial charge is 0.355 e. The van der Waals surface area contributed by atoms with E-state index in [9.17, 15) is 9.59 Å². The standard InChI is InChI=1S/C14H14N2O4S/c1-9-4-2-3-5-11(9)20-7-12(17)15-6-13-16-10(8-21-13)14(18)19/h2-5,8H,6-7H2,1H3,(H,15,17)(H,18,19). The quantitative estimate of drug-likeness (QED) is 0.850. The third-order valence-electron chi connectivity index (χ3n) is 2.66. The summed E-state index contributed by atoms with van der Waals surface area (Å²) in [7, 11) is 0. The molecule has 0 unspecified atom stereocenters. The Morgan fingerprint density at radius 2 is 2.14 bits per heavy atom. The molecule has 0 atom stereocenters. The van der Waals surface area contributed by atoms with Crippen LogP contribution in [0.5, 0.6) is 5.75 Å². The van der Waals surface area contributed by atoms with Crippen LogP contribution in [0.3, 0.4) is 0 Å². The van der Waals surface area contributed by atoms with Gasteiger partial charge in [0.25, 0.3) is 5.91 Å². The minimum absolute atomic E-state index is 0.0135. The van der Waals surface area contributed by atoms with E-state index in [-0.39, 0.29) is 24.8 Å². The second-order valence-electron chi connectivity index (χ2n) is 4.26.